The van der Waals surface area contributed by atoms with E-state index in [1.54, 1.807) is 24.0 Å². The molecule has 4 rings (SSSR count). The van der Waals surface area contributed by atoms with Crippen LogP contribution in [0.1, 0.15) is 51.6 Å². The molecule has 40 heavy (non-hydrogen) atoms. The summed E-state index contributed by atoms with van der Waals surface area (Å²) in [5, 5.41) is 1.80. The van der Waals surface area contributed by atoms with Gasteiger partial charge in [-0.2, -0.15) is 0 Å². The summed E-state index contributed by atoms with van der Waals surface area (Å²) in [6, 6.07) is 19.9. The summed E-state index contributed by atoms with van der Waals surface area (Å²) in [4.78, 5) is 18.6. The van der Waals surface area contributed by atoms with Gasteiger partial charge in [-0.1, -0.05) is 63.2 Å². The van der Waals surface area contributed by atoms with Gasteiger partial charge in [-0.25, -0.2) is 0 Å². The number of ether oxygens (including phenoxy) is 2. The molecular formula is C33H37ClN2O3S. The van der Waals surface area contributed by atoms with Crippen LogP contribution in [0.25, 0.3) is 10.9 Å². The molecule has 0 aliphatic heterocycles. The topological polar surface area (TPSA) is 53.4 Å². The third kappa shape index (κ3) is 7.49. The second-order valence-corrected chi connectivity index (χ2v) is 13.7. The highest BCUT2D eigenvalue weighted by Crippen LogP contribution is 2.44. The monoisotopic (exact) mass is 576 g/mol. The van der Waals surface area contributed by atoms with Crippen LogP contribution in [0.15, 0.2) is 84.4 Å². The van der Waals surface area contributed by atoms with Crippen molar-refractivity contribution < 1.29 is 14.3 Å². The molecule has 0 atom stereocenters. The molecule has 0 aliphatic rings. The zero-order valence-corrected chi connectivity index (χ0v) is 25.4. The Kier molecular flexibility index (Phi) is 9.32. The van der Waals surface area contributed by atoms with Gasteiger partial charge < -0.3 is 14.0 Å². The van der Waals surface area contributed by atoms with E-state index < -0.39 is 5.41 Å². The number of aromatic nitrogens is 2. The smallest absolute Gasteiger partial charge is 0.312 e. The van der Waals surface area contributed by atoms with Crippen molar-refractivity contribution in [2.75, 3.05) is 6.61 Å². The van der Waals surface area contributed by atoms with Gasteiger partial charge in [-0.15, -0.1) is 11.8 Å². The number of carbonyl (C=O) groups is 1. The van der Waals surface area contributed by atoms with E-state index in [-0.39, 0.29) is 17.3 Å². The Morgan fingerprint density at radius 3 is 2.48 bits per heavy atom. The van der Waals surface area contributed by atoms with Crippen LogP contribution in [0.4, 0.5) is 0 Å². The summed E-state index contributed by atoms with van der Waals surface area (Å²) in [7, 11) is 0. The standard InChI is InChI=1S/C33H37ClN2O3S/c1-7-18-38-31(37)33(5,6)20-29-30(40-32(2,3)4)27-19-26(39-22-25-10-8-9-17-35-25)15-16-28(27)36(29)21-23-11-13-24(34)14-12-23/h7-17,19H,1,18,20-22H2,2-6H3. The molecule has 0 radical (unpaired) electrons. The molecule has 2 aromatic heterocycles. The Morgan fingerprint density at radius 1 is 1.07 bits per heavy atom. The zero-order chi connectivity index (χ0) is 28.9. The molecule has 0 N–H and O–H groups in total. The van der Waals surface area contributed by atoms with Gasteiger partial charge >= 0.3 is 5.97 Å². The lowest BCUT2D eigenvalue weighted by Gasteiger charge is -2.26. The predicted molar refractivity (Wildman–Crippen MR) is 165 cm³/mol. The lowest BCUT2D eigenvalue weighted by molar-refractivity contribution is -0.152. The largest absolute Gasteiger partial charge is 0.487 e. The maximum Gasteiger partial charge on any atom is 0.312 e. The van der Waals surface area contributed by atoms with E-state index in [9.17, 15) is 4.79 Å². The third-order valence-corrected chi connectivity index (χ3v) is 7.88. The second kappa shape index (κ2) is 12.5. The van der Waals surface area contributed by atoms with E-state index in [4.69, 9.17) is 21.1 Å². The molecule has 5 nitrogen and oxygen atoms in total. The summed E-state index contributed by atoms with van der Waals surface area (Å²) < 4.78 is 13.9. The average molecular weight is 577 g/mol. The van der Waals surface area contributed by atoms with Crippen LogP contribution in [-0.4, -0.2) is 26.9 Å². The molecule has 0 spiro atoms. The van der Waals surface area contributed by atoms with Gasteiger partial charge in [0, 0.05) is 50.4 Å². The first-order valence-corrected chi connectivity index (χ1v) is 14.6. The van der Waals surface area contributed by atoms with Crippen molar-refractivity contribution in [2.45, 2.75) is 63.8 Å². The molecule has 7 heteroatoms. The lowest BCUT2D eigenvalue weighted by atomic mass is 9.87. The van der Waals surface area contributed by atoms with E-state index in [0.717, 1.165) is 38.5 Å². The minimum atomic E-state index is -0.749. The Labute approximate surface area is 246 Å². The molecule has 0 bridgehead atoms. The van der Waals surface area contributed by atoms with Crippen molar-refractivity contribution in [1.82, 2.24) is 9.55 Å². The van der Waals surface area contributed by atoms with E-state index in [1.165, 1.54) is 0 Å². The van der Waals surface area contributed by atoms with E-state index in [1.807, 2.05) is 62.4 Å². The maximum atomic E-state index is 13.1. The number of halogens is 1. The van der Waals surface area contributed by atoms with E-state index >= 15 is 0 Å². The maximum absolute atomic E-state index is 13.1. The first-order valence-electron chi connectivity index (χ1n) is 13.4. The fraction of sp³-hybridized carbons (Fsp3) is 0.333. The van der Waals surface area contributed by atoms with Crippen molar-refractivity contribution in [3.05, 3.63) is 101 Å². The van der Waals surface area contributed by atoms with Crippen molar-refractivity contribution in [3.63, 3.8) is 0 Å². The normalized spacial score (nSPS) is 11.9. The molecule has 2 aromatic carbocycles. The van der Waals surface area contributed by atoms with Gasteiger partial charge in [0.05, 0.1) is 11.1 Å². The molecule has 0 saturated carbocycles. The molecular weight excluding hydrogens is 540 g/mol. The van der Waals surface area contributed by atoms with Gasteiger partial charge in [-0.3, -0.25) is 9.78 Å². The summed E-state index contributed by atoms with van der Waals surface area (Å²) in [5.74, 6) is 0.524. The summed E-state index contributed by atoms with van der Waals surface area (Å²) in [6.45, 7) is 15.4. The van der Waals surface area contributed by atoms with Crippen LogP contribution in [0, 0.1) is 5.41 Å². The molecule has 0 fully saturated rings. The van der Waals surface area contributed by atoms with Crippen LogP contribution < -0.4 is 4.74 Å². The molecule has 4 aromatic rings. The first kappa shape index (κ1) is 29.8. The fourth-order valence-electron chi connectivity index (χ4n) is 4.46. The SMILES string of the molecule is C=CCOC(=O)C(C)(C)Cc1c(SC(C)(C)C)c2cc(OCc3ccccn3)ccc2n1Cc1ccc(Cl)cc1. The summed E-state index contributed by atoms with van der Waals surface area (Å²) in [6.07, 6.45) is 3.87. The Morgan fingerprint density at radius 2 is 1.82 bits per heavy atom. The number of fused-ring (bicyclic) bond motifs is 1. The number of thioether (sulfide) groups is 1. The number of pyridine rings is 1. The lowest BCUT2D eigenvalue weighted by Crippen LogP contribution is -2.30. The van der Waals surface area contributed by atoms with Gasteiger partial charge in [0.25, 0.3) is 0 Å². The van der Waals surface area contributed by atoms with E-state index in [2.05, 4.69) is 49.0 Å². The fourth-order valence-corrected chi connectivity index (χ4v) is 5.77. The van der Waals surface area contributed by atoms with Gasteiger partial charge in [0.15, 0.2) is 0 Å². The number of hydrogen-bond donors (Lipinski definition) is 0. The Balaban J connectivity index is 1.84. The highest BCUT2D eigenvalue weighted by Gasteiger charge is 2.34. The number of benzene rings is 2. The number of carbonyl (C=O) groups excluding carboxylic acids is 1. The minimum absolute atomic E-state index is 0.0630. The van der Waals surface area contributed by atoms with Crippen molar-refractivity contribution in [1.29, 1.82) is 0 Å². The van der Waals surface area contributed by atoms with Crippen LogP contribution in [-0.2, 0) is 29.1 Å². The van der Waals surface area contributed by atoms with Crippen LogP contribution in [0.5, 0.6) is 5.75 Å². The molecule has 0 unspecified atom stereocenters. The highest BCUT2D eigenvalue weighted by molar-refractivity contribution is 8.00. The molecule has 0 amide bonds. The highest BCUT2D eigenvalue weighted by atomic mass is 35.5. The first-order chi connectivity index (χ1) is 19.0. The van der Waals surface area contributed by atoms with Gasteiger partial charge in [0.1, 0.15) is 19.0 Å². The van der Waals surface area contributed by atoms with Gasteiger partial charge in [-0.05, 0) is 61.9 Å². The third-order valence-electron chi connectivity index (χ3n) is 6.36. The number of nitrogens with zero attached hydrogens (tertiary/aromatic N) is 2. The average Bonchev–Trinajstić information content (AvgIpc) is 3.17. The predicted octanol–water partition coefficient (Wildman–Crippen LogP) is 8.51. The summed E-state index contributed by atoms with van der Waals surface area (Å²) in [5.41, 5.74) is 3.41. The molecule has 210 valence electrons. The second-order valence-electron chi connectivity index (χ2n) is 11.4. The van der Waals surface area contributed by atoms with Crippen LogP contribution in [0.2, 0.25) is 5.02 Å². The molecule has 2 heterocycles. The number of esters is 1. The summed E-state index contributed by atoms with van der Waals surface area (Å²) >= 11 is 7.99. The van der Waals surface area contributed by atoms with Crippen molar-refractivity contribution >= 4 is 40.2 Å². The van der Waals surface area contributed by atoms with Crippen LogP contribution >= 0.6 is 23.4 Å². The Bertz CT molecular complexity index is 1470. The quantitative estimate of drug-likeness (QED) is 0.102. The molecule has 0 saturated heterocycles. The molecule has 0 aliphatic carbocycles. The number of hydrogen-bond acceptors (Lipinski definition) is 5. The Hall–Kier alpha value is -3.22. The van der Waals surface area contributed by atoms with Crippen molar-refractivity contribution in [3.8, 4) is 5.75 Å². The van der Waals surface area contributed by atoms with E-state index in [0.29, 0.717) is 24.6 Å². The number of rotatable bonds is 11. The minimum Gasteiger partial charge on any atom is -0.487 e. The van der Waals surface area contributed by atoms with Crippen molar-refractivity contribution in [2.24, 2.45) is 5.41 Å². The van der Waals surface area contributed by atoms with Crippen LogP contribution in [0.3, 0.4) is 0 Å². The van der Waals surface area contributed by atoms with Gasteiger partial charge in [0.2, 0.25) is 0 Å². The zero-order valence-electron chi connectivity index (χ0n) is 23.9.